The Morgan fingerprint density at radius 1 is 0.592 bits per heavy atom. The van der Waals surface area contributed by atoms with Gasteiger partial charge in [0.15, 0.2) is 0 Å². The Bertz CT molecular complexity index is 1280. The molecule has 0 spiro atoms. The number of hydrogen-bond donors (Lipinski definition) is 0. The molecule has 17 heteroatoms. The summed E-state index contributed by atoms with van der Waals surface area (Å²) in [4.78, 5) is 28.2. The van der Waals surface area contributed by atoms with Crippen LogP contribution in [0.1, 0.15) is 90.2 Å². The fourth-order valence-corrected chi connectivity index (χ4v) is 13.6. The van der Waals surface area contributed by atoms with Gasteiger partial charge in [-0.25, -0.2) is 4.90 Å². The second-order valence-electron chi connectivity index (χ2n) is 12.4. The van der Waals surface area contributed by atoms with Gasteiger partial charge in [-0.15, -0.1) is 0 Å². The number of allylic oxidation sites excluding steroid dienone is 4. The van der Waals surface area contributed by atoms with Crippen molar-refractivity contribution in [2.75, 3.05) is 4.90 Å². The molecule has 3 nitrogen and oxygen atoms in total. The molecule has 0 N–H and O–H groups in total. The number of nitrogens with zero attached hydrogens (tertiary/aromatic N) is 1. The normalized spacial score (nSPS) is 26.0. The van der Waals surface area contributed by atoms with E-state index in [1.165, 1.54) is 25.7 Å². The number of hydrogen-bond acceptors (Lipinski definition) is 2. The first-order valence-electron chi connectivity index (χ1n) is 15.8. The van der Waals surface area contributed by atoms with Crippen LogP contribution in [0.3, 0.4) is 0 Å². The zero-order valence-electron chi connectivity index (χ0n) is 27.4. The van der Waals surface area contributed by atoms with E-state index < -0.39 is 64.1 Å². The molecule has 4 aliphatic rings. The maximum atomic E-state index is 13.8. The second kappa shape index (κ2) is 17.8. The van der Waals surface area contributed by atoms with Crippen molar-refractivity contribution in [3.8, 4) is 0 Å². The third kappa shape index (κ3) is 11.7. The van der Waals surface area contributed by atoms with Gasteiger partial charge in [-0.05, 0) is 92.2 Å². The minimum absolute atomic E-state index is 0. The molecule has 2 amide bonds. The molecule has 5 rings (SSSR count). The number of alkyl halides is 6. The van der Waals surface area contributed by atoms with Crippen LogP contribution in [0.2, 0.25) is 0 Å². The third-order valence-electron chi connectivity index (χ3n) is 8.62. The maximum Gasteiger partial charge on any atom is 0.673 e. The van der Waals surface area contributed by atoms with Gasteiger partial charge in [0, 0.05) is 19.5 Å². The van der Waals surface area contributed by atoms with Crippen LogP contribution in [0.5, 0.6) is 0 Å². The van der Waals surface area contributed by atoms with E-state index in [9.17, 15) is 53.2 Å². The third-order valence-corrected chi connectivity index (χ3v) is 15.5. The van der Waals surface area contributed by atoms with Crippen molar-refractivity contribution < 1.29 is 72.7 Å². The Kier molecular flexibility index (Phi) is 15.8. The van der Waals surface area contributed by atoms with E-state index in [4.69, 9.17) is 0 Å². The van der Waals surface area contributed by atoms with E-state index in [0.717, 1.165) is 25.7 Å². The van der Waals surface area contributed by atoms with Crippen molar-refractivity contribution in [1.29, 1.82) is 0 Å². The largest absolute Gasteiger partial charge is 0.673 e. The van der Waals surface area contributed by atoms with Crippen LogP contribution in [0.4, 0.5) is 49.3 Å². The molecule has 3 aliphatic heterocycles. The maximum absolute atomic E-state index is 13.8. The molecule has 0 saturated carbocycles. The van der Waals surface area contributed by atoms with Gasteiger partial charge < -0.3 is 17.3 Å². The summed E-state index contributed by atoms with van der Waals surface area (Å²) < 4.78 is 120. The van der Waals surface area contributed by atoms with Crippen LogP contribution in [-0.2, 0) is 41.4 Å². The molecule has 0 bridgehead atoms. The van der Waals surface area contributed by atoms with Crippen LogP contribution in [0.25, 0.3) is 0 Å². The zero-order chi connectivity index (χ0) is 36.2. The number of anilines is 1. The Morgan fingerprint density at radius 3 is 1.10 bits per heavy atom. The molecule has 4 atom stereocenters. The van der Waals surface area contributed by atoms with E-state index >= 15 is 0 Å². The molecule has 1 aromatic rings. The summed E-state index contributed by atoms with van der Waals surface area (Å²) in [5.41, 5.74) is -3.15. The van der Waals surface area contributed by atoms with Crippen molar-refractivity contribution in [1.82, 2.24) is 0 Å². The number of rotatable bonds is 3. The molecular formula is C32H39BF10NO2P2Rh-. The van der Waals surface area contributed by atoms with Crippen molar-refractivity contribution in [2.45, 2.75) is 114 Å². The Balaban J connectivity index is 0.000000500. The number of imide groups is 1. The molecule has 2 saturated heterocycles. The zero-order valence-corrected chi connectivity index (χ0v) is 30.8. The first-order valence-corrected chi connectivity index (χ1v) is 18.7. The van der Waals surface area contributed by atoms with E-state index in [1.807, 2.05) is 27.7 Å². The van der Waals surface area contributed by atoms with Crippen LogP contribution in [0.15, 0.2) is 53.1 Å². The van der Waals surface area contributed by atoms with Crippen molar-refractivity contribution >= 4 is 40.6 Å². The van der Waals surface area contributed by atoms with Crippen LogP contribution in [-0.4, -0.2) is 41.7 Å². The Morgan fingerprint density at radius 2 is 0.857 bits per heavy atom. The van der Waals surface area contributed by atoms with Crippen molar-refractivity contribution in [2.24, 2.45) is 0 Å². The standard InChI is InChI=1S/C24H27F6NO2P2.C8H12.BF4.Rh/c1-12-5-6-13(2)34(12)19-20(35-14(3)7-8-15(35)4)22(33)31(21(19)32)18-10-16(23(25,26)27)9-17(11-18)24(28,29)30;1-2-4-6-8-7-5-3-1;2-1(3,4)5;/h9-15H,5-8H2,1-4H3;1-2,7-8H,3-6H2;;/q;;-1;/b;2-1-,8-7?;;/t12-,13-,14-,15-;;;/m1.../s1. The minimum atomic E-state index is -6.00. The number of amides is 2. The van der Waals surface area contributed by atoms with Gasteiger partial charge >= 0.3 is 19.6 Å². The van der Waals surface area contributed by atoms with Gasteiger partial charge in [-0.3, -0.25) is 9.59 Å². The summed E-state index contributed by atoms with van der Waals surface area (Å²) in [6, 6.07) is 0.977. The van der Waals surface area contributed by atoms with E-state index in [2.05, 4.69) is 24.3 Å². The summed E-state index contributed by atoms with van der Waals surface area (Å²) in [6.07, 6.45) is 7.34. The molecule has 277 valence electrons. The molecule has 0 aromatic heterocycles. The van der Waals surface area contributed by atoms with Gasteiger partial charge in [0.1, 0.15) is 0 Å². The van der Waals surface area contributed by atoms with Crippen LogP contribution < -0.4 is 4.90 Å². The van der Waals surface area contributed by atoms with Gasteiger partial charge in [-0.1, -0.05) is 67.8 Å². The summed E-state index contributed by atoms with van der Waals surface area (Å²) in [7, 11) is -8.13. The minimum Gasteiger partial charge on any atom is -0.418 e. The number of benzene rings is 1. The topological polar surface area (TPSA) is 37.4 Å². The van der Waals surface area contributed by atoms with Crippen molar-refractivity contribution in [3.05, 3.63) is 64.3 Å². The molecule has 1 radical (unpaired) electrons. The van der Waals surface area contributed by atoms with E-state index in [0.29, 0.717) is 27.7 Å². The smallest absolute Gasteiger partial charge is 0.418 e. The summed E-state index contributed by atoms with van der Waals surface area (Å²) in [6.45, 7) is 8.06. The quantitative estimate of drug-likeness (QED) is 0.100. The van der Waals surface area contributed by atoms with Crippen LogP contribution in [0, 0.1) is 0 Å². The van der Waals surface area contributed by atoms with Gasteiger partial charge in [0.2, 0.25) is 0 Å². The number of halogens is 10. The molecule has 1 aromatic carbocycles. The molecule has 49 heavy (non-hydrogen) atoms. The Hall–Kier alpha value is -1.57. The average Bonchev–Trinajstić information content (AvgIpc) is 3.52. The van der Waals surface area contributed by atoms with Gasteiger partial charge in [0.05, 0.1) is 27.4 Å². The first-order chi connectivity index (χ1) is 22.1. The SMILES string of the molecule is C1=CCC/C=C\CC1.C[C@@H]1CC[C@@H](C)P1C1=C(P2[C@H](C)CC[C@H]2C)C(=O)N(c2cc(C(F)(F)F)cc(C(F)(F)F)c2)C1=O.F[B-](F)(F)F.[Rh]. The Labute approximate surface area is 295 Å². The number of carbonyl (C=O) groups is 2. The predicted molar refractivity (Wildman–Crippen MR) is 173 cm³/mol. The average molecular weight is 835 g/mol. The van der Waals surface area contributed by atoms with Gasteiger partial charge in [-0.2, -0.15) is 26.3 Å². The molecule has 2 fully saturated rings. The second-order valence-corrected chi connectivity index (χ2v) is 18.4. The summed E-state index contributed by atoms with van der Waals surface area (Å²) >= 11 is 0. The van der Waals surface area contributed by atoms with E-state index in [-0.39, 0.29) is 48.2 Å². The molecule has 1 aliphatic carbocycles. The van der Waals surface area contributed by atoms with Crippen molar-refractivity contribution in [3.63, 3.8) is 0 Å². The first kappa shape index (κ1) is 43.6. The predicted octanol–water partition coefficient (Wildman–Crippen LogP) is 11.9. The molecular weight excluding hydrogens is 796 g/mol. The molecule has 0 unspecified atom stereocenters. The number of carbonyl (C=O) groups excluding carboxylic acids is 2. The fourth-order valence-electron chi connectivity index (χ4n) is 6.40. The summed E-state index contributed by atoms with van der Waals surface area (Å²) in [5, 5.41) is 0.778. The molecule has 3 heterocycles. The van der Waals surface area contributed by atoms with Gasteiger partial charge in [0.25, 0.3) is 11.8 Å². The fraction of sp³-hybridized carbons (Fsp3) is 0.562. The van der Waals surface area contributed by atoms with Crippen LogP contribution >= 0.6 is 15.8 Å². The summed E-state index contributed by atoms with van der Waals surface area (Å²) in [5.74, 6) is -1.48. The monoisotopic (exact) mass is 835 g/mol. The van der Waals surface area contributed by atoms with E-state index in [1.54, 1.807) is 0 Å².